The standard InChI is InChI=1S/C12H9Br2FO2/c13-9-2-1-8(15)5-7(9)6-11(16)12-10(14)3-4-17-12/h1-5,11,16H,6H2. The van der Waals surface area contributed by atoms with E-state index in [9.17, 15) is 9.50 Å². The van der Waals surface area contributed by atoms with Crippen molar-refractivity contribution in [2.75, 3.05) is 0 Å². The highest BCUT2D eigenvalue weighted by molar-refractivity contribution is 9.10. The Morgan fingerprint density at radius 1 is 1.24 bits per heavy atom. The highest BCUT2D eigenvalue weighted by Crippen LogP contribution is 2.29. The molecule has 2 rings (SSSR count). The first-order chi connectivity index (χ1) is 8.08. The summed E-state index contributed by atoms with van der Waals surface area (Å²) in [6.07, 6.45) is 0.964. The third-order valence-corrected chi connectivity index (χ3v) is 3.80. The number of furan rings is 1. The fraction of sp³-hybridized carbons (Fsp3) is 0.167. The average molecular weight is 364 g/mol. The Labute approximate surface area is 115 Å². The first-order valence-electron chi connectivity index (χ1n) is 4.93. The van der Waals surface area contributed by atoms with Crippen LogP contribution in [0.5, 0.6) is 0 Å². The molecule has 2 nitrogen and oxygen atoms in total. The number of aliphatic hydroxyl groups is 1. The third kappa shape index (κ3) is 2.97. The molecule has 0 saturated carbocycles. The zero-order valence-electron chi connectivity index (χ0n) is 8.66. The second-order valence-electron chi connectivity index (χ2n) is 3.59. The van der Waals surface area contributed by atoms with Gasteiger partial charge in [-0.25, -0.2) is 4.39 Å². The minimum Gasteiger partial charge on any atom is -0.465 e. The van der Waals surface area contributed by atoms with Gasteiger partial charge < -0.3 is 9.52 Å². The molecule has 0 saturated heterocycles. The van der Waals surface area contributed by atoms with Gasteiger partial charge in [0.2, 0.25) is 0 Å². The summed E-state index contributed by atoms with van der Waals surface area (Å²) in [7, 11) is 0. The Morgan fingerprint density at radius 2 is 2.00 bits per heavy atom. The van der Waals surface area contributed by atoms with E-state index in [-0.39, 0.29) is 12.2 Å². The Hall–Kier alpha value is -0.650. The molecule has 0 fully saturated rings. The number of hydrogen-bond donors (Lipinski definition) is 1. The van der Waals surface area contributed by atoms with Crippen LogP contribution in [0.3, 0.4) is 0 Å². The first kappa shape index (κ1) is 12.8. The predicted molar refractivity (Wildman–Crippen MR) is 69.2 cm³/mol. The van der Waals surface area contributed by atoms with Crippen molar-refractivity contribution in [2.45, 2.75) is 12.5 Å². The molecule has 1 heterocycles. The molecule has 0 aliphatic heterocycles. The van der Waals surface area contributed by atoms with Crippen LogP contribution < -0.4 is 0 Å². The number of hydrogen-bond acceptors (Lipinski definition) is 2. The van der Waals surface area contributed by atoms with Gasteiger partial charge in [-0.2, -0.15) is 0 Å². The Kier molecular flexibility index (Phi) is 4.01. The van der Waals surface area contributed by atoms with Gasteiger partial charge in [0.25, 0.3) is 0 Å². The van der Waals surface area contributed by atoms with Crippen LogP contribution in [0.4, 0.5) is 4.39 Å². The van der Waals surface area contributed by atoms with Gasteiger partial charge in [0, 0.05) is 10.9 Å². The summed E-state index contributed by atoms with van der Waals surface area (Å²) in [5.74, 6) is 0.120. The van der Waals surface area contributed by atoms with Crippen molar-refractivity contribution in [2.24, 2.45) is 0 Å². The molecule has 2 aromatic rings. The summed E-state index contributed by atoms with van der Waals surface area (Å²) >= 11 is 6.59. The SMILES string of the molecule is OC(Cc1cc(F)ccc1Br)c1occc1Br. The molecular weight excluding hydrogens is 355 g/mol. The Bertz CT molecular complexity index is 525. The molecule has 1 atom stereocenters. The van der Waals surface area contributed by atoms with Gasteiger partial charge in [-0.05, 0) is 45.8 Å². The summed E-state index contributed by atoms with van der Waals surface area (Å²) in [4.78, 5) is 0. The van der Waals surface area contributed by atoms with Gasteiger partial charge in [-0.1, -0.05) is 15.9 Å². The zero-order valence-corrected chi connectivity index (χ0v) is 11.8. The molecule has 5 heteroatoms. The minimum absolute atomic E-state index is 0.282. The van der Waals surface area contributed by atoms with Crippen molar-refractivity contribution in [1.29, 1.82) is 0 Å². The number of benzene rings is 1. The summed E-state index contributed by atoms with van der Waals surface area (Å²) in [6, 6.07) is 6.08. The van der Waals surface area contributed by atoms with Crippen LogP contribution in [0.25, 0.3) is 0 Å². The van der Waals surface area contributed by atoms with E-state index in [0.717, 1.165) is 4.47 Å². The maximum absolute atomic E-state index is 13.1. The maximum atomic E-state index is 13.1. The quantitative estimate of drug-likeness (QED) is 0.885. The average Bonchev–Trinajstić information content (AvgIpc) is 2.70. The van der Waals surface area contributed by atoms with Crippen LogP contribution in [0, 0.1) is 5.82 Å². The zero-order chi connectivity index (χ0) is 12.4. The van der Waals surface area contributed by atoms with E-state index < -0.39 is 6.10 Å². The van der Waals surface area contributed by atoms with Crippen LogP contribution in [-0.2, 0) is 6.42 Å². The van der Waals surface area contributed by atoms with E-state index in [1.54, 1.807) is 12.1 Å². The van der Waals surface area contributed by atoms with E-state index >= 15 is 0 Å². The summed E-state index contributed by atoms with van der Waals surface area (Å²) < 4.78 is 19.7. The molecule has 1 N–H and O–H groups in total. The largest absolute Gasteiger partial charge is 0.465 e. The van der Waals surface area contributed by atoms with Crippen LogP contribution in [0.15, 0.2) is 43.9 Å². The van der Waals surface area contributed by atoms with Gasteiger partial charge in [-0.3, -0.25) is 0 Å². The third-order valence-electron chi connectivity index (χ3n) is 2.37. The molecule has 1 aromatic carbocycles. The highest BCUT2D eigenvalue weighted by atomic mass is 79.9. The van der Waals surface area contributed by atoms with Gasteiger partial charge in [-0.15, -0.1) is 0 Å². The van der Waals surface area contributed by atoms with Crippen molar-refractivity contribution in [3.05, 3.63) is 56.6 Å². The van der Waals surface area contributed by atoms with E-state index in [1.165, 1.54) is 18.4 Å². The summed E-state index contributed by atoms with van der Waals surface area (Å²) in [6.45, 7) is 0. The fourth-order valence-corrected chi connectivity index (χ4v) is 2.42. The fourth-order valence-electron chi connectivity index (χ4n) is 1.54. The monoisotopic (exact) mass is 362 g/mol. The van der Waals surface area contributed by atoms with Crippen molar-refractivity contribution < 1.29 is 13.9 Å². The van der Waals surface area contributed by atoms with Crippen LogP contribution in [-0.4, -0.2) is 5.11 Å². The van der Waals surface area contributed by atoms with E-state index in [4.69, 9.17) is 4.42 Å². The second kappa shape index (κ2) is 5.33. The lowest BCUT2D eigenvalue weighted by molar-refractivity contribution is 0.149. The molecule has 1 aromatic heterocycles. The highest BCUT2D eigenvalue weighted by Gasteiger charge is 2.17. The summed E-state index contributed by atoms with van der Waals surface area (Å²) in [5, 5.41) is 9.99. The molecule has 0 aliphatic carbocycles. The predicted octanol–water partition coefficient (Wildman–Crippen LogP) is 4.22. The normalized spacial score (nSPS) is 12.7. The summed E-state index contributed by atoms with van der Waals surface area (Å²) in [5.41, 5.74) is 0.695. The van der Waals surface area contributed by atoms with E-state index in [2.05, 4.69) is 31.9 Å². The van der Waals surface area contributed by atoms with Crippen molar-refractivity contribution in [3.63, 3.8) is 0 Å². The van der Waals surface area contributed by atoms with Gasteiger partial charge in [0.1, 0.15) is 17.7 Å². The first-order valence-corrected chi connectivity index (χ1v) is 6.51. The van der Waals surface area contributed by atoms with Crippen LogP contribution in [0.2, 0.25) is 0 Å². The number of rotatable bonds is 3. The number of aliphatic hydroxyl groups excluding tert-OH is 1. The smallest absolute Gasteiger partial charge is 0.146 e. The molecule has 0 aliphatic rings. The van der Waals surface area contributed by atoms with Crippen LogP contribution in [0.1, 0.15) is 17.4 Å². The van der Waals surface area contributed by atoms with E-state index in [0.29, 0.717) is 15.8 Å². The Balaban J connectivity index is 2.21. The van der Waals surface area contributed by atoms with Gasteiger partial charge >= 0.3 is 0 Å². The van der Waals surface area contributed by atoms with Crippen molar-refractivity contribution >= 4 is 31.9 Å². The molecule has 17 heavy (non-hydrogen) atoms. The minimum atomic E-state index is -0.808. The lowest BCUT2D eigenvalue weighted by Crippen LogP contribution is -2.02. The topological polar surface area (TPSA) is 33.4 Å². The second-order valence-corrected chi connectivity index (χ2v) is 5.30. The molecule has 0 spiro atoms. The Morgan fingerprint density at radius 3 is 2.65 bits per heavy atom. The van der Waals surface area contributed by atoms with E-state index in [1.807, 2.05) is 0 Å². The number of halogens is 3. The van der Waals surface area contributed by atoms with Crippen molar-refractivity contribution in [3.8, 4) is 0 Å². The maximum Gasteiger partial charge on any atom is 0.146 e. The lowest BCUT2D eigenvalue weighted by atomic mass is 10.1. The molecule has 1 unspecified atom stereocenters. The van der Waals surface area contributed by atoms with Crippen LogP contribution >= 0.6 is 31.9 Å². The molecule has 0 amide bonds. The molecule has 90 valence electrons. The lowest BCUT2D eigenvalue weighted by Gasteiger charge is -2.10. The molecular formula is C12H9Br2FO2. The van der Waals surface area contributed by atoms with Gasteiger partial charge in [0.05, 0.1) is 10.7 Å². The molecule has 0 bridgehead atoms. The molecule has 0 radical (unpaired) electrons. The van der Waals surface area contributed by atoms with Gasteiger partial charge in [0.15, 0.2) is 0 Å². The van der Waals surface area contributed by atoms with Crippen molar-refractivity contribution in [1.82, 2.24) is 0 Å².